The van der Waals surface area contributed by atoms with Crippen molar-refractivity contribution < 1.29 is 8.95 Å². The van der Waals surface area contributed by atoms with Gasteiger partial charge in [-0.1, -0.05) is 15.9 Å². The first-order valence-corrected chi connectivity index (χ1v) is 9.93. The average molecular weight is 376 g/mol. The molecule has 0 aliphatic carbocycles. The van der Waals surface area contributed by atoms with E-state index in [1.807, 2.05) is 30.0 Å². The monoisotopic (exact) mass is 375 g/mol. The molecule has 3 atom stereocenters. The maximum absolute atomic E-state index is 12.9. The van der Waals surface area contributed by atoms with Crippen molar-refractivity contribution in [3.63, 3.8) is 0 Å². The summed E-state index contributed by atoms with van der Waals surface area (Å²) in [5.41, 5.74) is 6.57. The molecular weight excluding hydrogens is 358 g/mol. The normalized spacial score (nSPS) is 31.6. The minimum atomic E-state index is -1.06. The summed E-state index contributed by atoms with van der Waals surface area (Å²) in [7, 11) is -1.06. The van der Waals surface area contributed by atoms with Crippen molar-refractivity contribution in [3.8, 4) is 0 Å². The van der Waals surface area contributed by atoms with Gasteiger partial charge in [-0.15, -0.1) is 0 Å². The van der Waals surface area contributed by atoms with E-state index in [4.69, 9.17) is 10.5 Å². The van der Waals surface area contributed by atoms with Crippen molar-refractivity contribution in [3.05, 3.63) is 22.7 Å². The van der Waals surface area contributed by atoms with Crippen LogP contribution in [0.5, 0.6) is 0 Å². The van der Waals surface area contributed by atoms with Crippen LogP contribution in [0.4, 0.5) is 5.69 Å². The Labute approximate surface area is 134 Å². The first-order chi connectivity index (χ1) is 9.60. The number of anilines is 1. The summed E-state index contributed by atoms with van der Waals surface area (Å²) in [6.45, 7) is 0.713. The van der Waals surface area contributed by atoms with Crippen LogP contribution in [0.15, 0.2) is 27.6 Å². The fourth-order valence-corrected chi connectivity index (χ4v) is 6.45. The predicted octanol–water partition coefficient (Wildman–Crippen LogP) is 3.19. The zero-order valence-electron chi connectivity index (χ0n) is 11.1. The largest absolute Gasteiger partial charge is 0.398 e. The van der Waals surface area contributed by atoms with E-state index in [-0.39, 0.29) is 10.9 Å². The standard InChI is InChI=1S/C14H18BrNO2S2/c15-10-1-2-12(16)13(7-10)20(17)11-3-5-18-14(8-11)4-6-19-9-14/h1-2,7,11H,3-6,8-9,16H2. The first kappa shape index (κ1) is 14.9. The van der Waals surface area contributed by atoms with Gasteiger partial charge in [-0.3, -0.25) is 4.21 Å². The number of halogens is 1. The molecule has 3 nitrogen and oxygen atoms in total. The number of hydrogen-bond acceptors (Lipinski definition) is 4. The molecule has 0 amide bonds. The van der Waals surface area contributed by atoms with Gasteiger partial charge in [0, 0.05) is 27.8 Å². The molecule has 0 saturated carbocycles. The van der Waals surface area contributed by atoms with Gasteiger partial charge in [-0.2, -0.15) is 11.8 Å². The highest BCUT2D eigenvalue weighted by atomic mass is 79.9. The molecule has 1 aromatic rings. The van der Waals surface area contributed by atoms with E-state index in [0.29, 0.717) is 12.3 Å². The van der Waals surface area contributed by atoms with Gasteiger partial charge in [0.15, 0.2) is 0 Å². The summed E-state index contributed by atoms with van der Waals surface area (Å²) in [5.74, 6) is 2.19. The molecule has 2 fully saturated rings. The summed E-state index contributed by atoms with van der Waals surface area (Å²) < 4.78 is 19.8. The van der Waals surface area contributed by atoms with Crippen LogP contribution in [0, 0.1) is 0 Å². The molecule has 2 saturated heterocycles. The Bertz CT molecular complexity index is 532. The smallest absolute Gasteiger partial charge is 0.0791 e. The third kappa shape index (κ3) is 2.93. The summed E-state index contributed by atoms with van der Waals surface area (Å²) >= 11 is 5.37. The summed E-state index contributed by atoms with van der Waals surface area (Å²) in [5, 5.41) is 0.152. The Hall–Kier alpha value is -0.0400. The number of rotatable bonds is 2. The zero-order chi connectivity index (χ0) is 14.2. The Morgan fingerprint density at radius 1 is 1.50 bits per heavy atom. The van der Waals surface area contributed by atoms with Crippen LogP contribution in [-0.4, -0.2) is 33.2 Å². The molecule has 6 heteroatoms. The molecule has 20 heavy (non-hydrogen) atoms. The van der Waals surface area contributed by atoms with Crippen molar-refractivity contribution >= 4 is 44.2 Å². The lowest BCUT2D eigenvalue weighted by atomic mass is 9.93. The van der Waals surface area contributed by atoms with E-state index in [1.54, 1.807) is 0 Å². The maximum Gasteiger partial charge on any atom is 0.0791 e. The molecule has 3 rings (SSSR count). The molecule has 0 radical (unpaired) electrons. The Balaban J connectivity index is 1.81. The number of benzene rings is 1. The van der Waals surface area contributed by atoms with Gasteiger partial charge in [0.2, 0.25) is 0 Å². The molecule has 2 aliphatic heterocycles. The molecule has 110 valence electrons. The second kappa shape index (κ2) is 5.99. The fraction of sp³-hybridized carbons (Fsp3) is 0.571. The van der Waals surface area contributed by atoms with Gasteiger partial charge in [0.1, 0.15) is 0 Å². The quantitative estimate of drug-likeness (QED) is 0.806. The van der Waals surface area contributed by atoms with Crippen molar-refractivity contribution in [1.82, 2.24) is 0 Å². The van der Waals surface area contributed by atoms with E-state index < -0.39 is 10.8 Å². The number of ether oxygens (including phenoxy) is 1. The SMILES string of the molecule is Nc1ccc(Br)cc1S(=O)C1CCOC2(CCSC2)C1. The summed E-state index contributed by atoms with van der Waals surface area (Å²) in [6, 6.07) is 5.59. The Morgan fingerprint density at radius 2 is 2.35 bits per heavy atom. The minimum Gasteiger partial charge on any atom is -0.398 e. The zero-order valence-corrected chi connectivity index (χ0v) is 14.4. The van der Waals surface area contributed by atoms with Crippen molar-refractivity contribution in [1.29, 1.82) is 0 Å². The molecule has 2 N–H and O–H groups in total. The highest BCUT2D eigenvalue weighted by Crippen LogP contribution is 2.40. The molecule has 1 spiro atoms. The molecule has 0 aromatic heterocycles. The number of hydrogen-bond donors (Lipinski definition) is 1. The highest BCUT2D eigenvalue weighted by molar-refractivity contribution is 9.10. The van der Waals surface area contributed by atoms with Crippen LogP contribution in [0.2, 0.25) is 0 Å². The van der Waals surface area contributed by atoms with Gasteiger partial charge in [0.05, 0.1) is 21.3 Å². The van der Waals surface area contributed by atoms with Gasteiger partial charge < -0.3 is 10.5 Å². The van der Waals surface area contributed by atoms with Crippen LogP contribution in [0.3, 0.4) is 0 Å². The Kier molecular flexibility index (Phi) is 4.45. The second-order valence-electron chi connectivity index (χ2n) is 5.43. The third-order valence-corrected chi connectivity index (χ3v) is 7.52. The molecule has 2 aliphatic rings. The topological polar surface area (TPSA) is 52.3 Å². The molecule has 2 heterocycles. The fourth-order valence-electron chi connectivity index (χ4n) is 2.89. The van der Waals surface area contributed by atoms with Gasteiger partial charge in [-0.25, -0.2) is 0 Å². The minimum absolute atomic E-state index is 0.0377. The molecule has 1 aromatic carbocycles. The highest BCUT2D eigenvalue weighted by Gasteiger charge is 2.42. The van der Waals surface area contributed by atoms with Crippen molar-refractivity contribution in [2.45, 2.75) is 35.0 Å². The number of nitrogens with two attached hydrogens (primary N) is 1. The van der Waals surface area contributed by atoms with Gasteiger partial charge in [0.25, 0.3) is 0 Å². The third-order valence-electron chi connectivity index (χ3n) is 4.01. The molecule has 3 unspecified atom stereocenters. The van der Waals surface area contributed by atoms with Crippen molar-refractivity contribution in [2.75, 3.05) is 23.8 Å². The summed E-state index contributed by atoms with van der Waals surface area (Å²) in [6.07, 6.45) is 2.82. The lowest BCUT2D eigenvalue weighted by Crippen LogP contribution is -2.43. The predicted molar refractivity (Wildman–Crippen MR) is 88.6 cm³/mol. The molecular formula is C14H18BrNO2S2. The molecule has 0 bridgehead atoms. The van der Waals surface area contributed by atoms with E-state index in [2.05, 4.69) is 15.9 Å². The van der Waals surface area contributed by atoms with E-state index in [1.165, 1.54) is 0 Å². The van der Waals surface area contributed by atoms with E-state index in [9.17, 15) is 4.21 Å². The van der Waals surface area contributed by atoms with Crippen LogP contribution < -0.4 is 5.73 Å². The van der Waals surface area contributed by atoms with Crippen LogP contribution in [0.25, 0.3) is 0 Å². The number of nitrogen functional groups attached to an aromatic ring is 1. The summed E-state index contributed by atoms with van der Waals surface area (Å²) in [4.78, 5) is 0.757. The first-order valence-electron chi connectivity index (χ1n) is 6.77. The Morgan fingerprint density at radius 3 is 3.10 bits per heavy atom. The van der Waals surface area contributed by atoms with Crippen LogP contribution >= 0.6 is 27.7 Å². The van der Waals surface area contributed by atoms with Crippen LogP contribution in [-0.2, 0) is 15.5 Å². The second-order valence-corrected chi connectivity index (χ2v) is 9.15. The maximum atomic E-state index is 12.9. The van der Waals surface area contributed by atoms with Crippen molar-refractivity contribution in [2.24, 2.45) is 0 Å². The van der Waals surface area contributed by atoms with Crippen LogP contribution in [0.1, 0.15) is 19.3 Å². The van der Waals surface area contributed by atoms with E-state index in [0.717, 1.165) is 40.1 Å². The number of thioether (sulfide) groups is 1. The lowest BCUT2D eigenvalue weighted by Gasteiger charge is -2.37. The van der Waals surface area contributed by atoms with E-state index >= 15 is 0 Å². The average Bonchev–Trinajstić information content (AvgIpc) is 2.88. The van der Waals surface area contributed by atoms with Gasteiger partial charge in [-0.05, 0) is 43.2 Å². The lowest BCUT2D eigenvalue weighted by molar-refractivity contribution is -0.0567. The van der Waals surface area contributed by atoms with Gasteiger partial charge >= 0.3 is 0 Å².